The fourth-order valence-electron chi connectivity index (χ4n) is 2.38. The van der Waals surface area contributed by atoms with Gasteiger partial charge in [0.05, 0.1) is 12.7 Å². The van der Waals surface area contributed by atoms with Crippen molar-refractivity contribution >= 4 is 30.7 Å². The summed E-state index contributed by atoms with van der Waals surface area (Å²) in [5.74, 6) is 0.142. The number of nitrogens with two attached hydrogens (primary N) is 1. The number of rotatable bonds is 8. The zero-order valence-electron chi connectivity index (χ0n) is 14.0. The average Bonchev–Trinajstić information content (AvgIpc) is 2.38. The van der Waals surface area contributed by atoms with Crippen molar-refractivity contribution < 1.29 is 9.53 Å². The Hall–Kier alpha value is -0.0700. The first-order chi connectivity index (χ1) is 9.47. The predicted molar refractivity (Wildman–Crippen MR) is 96.1 cm³/mol. The Bertz CT molecular complexity index is 284. The number of likely N-dealkylation sites (tertiary alicyclic amines) is 1. The van der Waals surface area contributed by atoms with Gasteiger partial charge in [0, 0.05) is 38.1 Å². The van der Waals surface area contributed by atoms with Gasteiger partial charge in [0.15, 0.2) is 0 Å². The topological polar surface area (TPSA) is 67.6 Å². The number of nitrogens with zero attached hydrogens (tertiary/aromatic N) is 1. The molecule has 0 aromatic rings. The lowest BCUT2D eigenvalue weighted by atomic mass is 10.0. The van der Waals surface area contributed by atoms with Gasteiger partial charge in [0.25, 0.3) is 0 Å². The average molecular weight is 358 g/mol. The van der Waals surface area contributed by atoms with E-state index in [1.165, 1.54) is 0 Å². The van der Waals surface area contributed by atoms with Gasteiger partial charge in [-0.2, -0.15) is 0 Å². The smallest absolute Gasteiger partial charge is 0.220 e. The van der Waals surface area contributed by atoms with Crippen molar-refractivity contribution in [2.45, 2.75) is 64.6 Å². The molecule has 0 aliphatic carbocycles. The number of piperidine rings is 1. The largest absolute Gasteiger partial charge is 0.377 e. The molecule has 1 unspecified atom stereocenters. The summed E-state index contributed by atoms with van der Waals surface area (Å²) in [4.78, 5) is 14.2. The second-order valence-electron chi connectivity index (χ2n) is 6.12. The van der Waals surface area contributed by atoms with Crippen LogP contribution in [-0.2, 0) is 9.53 Å². The number of ether oxygens (including phenoxy) is 1. The fourth-order valence-corrected chi connectivity index (χ4v) is 2.38. The second-order valence-corrected chi connectivity index (χ2v) is 6.12. The molecule has 0 aromatic carbocycles. The van der Waals surface area contributed by atoms with E-state index in [1.54, 1.807) is 0 Å². The van der Waals surface area contributed by atoms with Crippen molar-refractivity contribution in [3.05, 3.63) is 0 Å². The molecule has 0 saturated carbocycles. The Balaban J connectivity index is 0. The van der Waals surface area contributed by atoms with Crippen molar-refractivity contribution in [3.63, 3.8) is 0 Å². The number of carbonyl (C=O) groups excluding carboxylic acids is 1. The molecule has 1 atom stereocenters. The van der Waals surface area contributed by atoms with E-state index >= 15 is 0 Å². The van der Waals surface area contributed by atoms with Gasteiger partial charge in [0.2, 0.25) is 5.91 Å². The number of hydrogen-bond donors (Lipinski definition) is 2. The maximum atomic E-state index is 11.7. The summed E-state index contributed by atoms with van der Waals surface area (Å²) < 4.78 is 5.57. The highest BCUT2D eigenvalue weighted by Crippen LogP contribution is 2.10. The van der Waals surface area contributed by atoms with Crippen LogP contribution < -0.4 is 11.1 Å². The zero-order chi connectivity index (χ0) is 15.0. The van der Waals surface area contributed by atoms with Gasteiger partial charge in [0.1, 0.15) is 0 Å². The van der Waals surface area contributed by atoms with E-state index in [4.69, 9.17) is 10.5 Å². The molecule has 1 aliphatic heterocycles. The van der Waals surface area contributed by atoms with Crippen LogP contribution in [0.4, 0.5) is 0 Å². The highest BCUT2D eigenvalue weighted by Gasteiger charge is 2.20. The van der Waals surface area contributed by atoms with Gasteiger partial charge in [-0.15, -0.1) is 24.8 Å². The summed E-state index contributed by atoms with van der Waals surface area (Å²) in [6, 6.07) is 0.432. The van der Waals surface area contributed by atoms with Crippen LogP contribution in [0.25, 0.3) is 0 Å². The van der Waals surface area contributed by atoms with Gasteiger partial charge in [-0.3, -0.25) is 4.79 Å². The Kier molecular flexibility index (Phi) is 14.7. The normalized spacial score (nSPS) is 17.5. The number of amides is 1. The maximum absolute atomic E-state index is 11.7. The van der Waals surface area contributed by atoms with E-state index in [0.717, 1.165) is 45.5 Å². The molecule has 7 heteroatoms. The monoisotopic (exact) mass is 357 g/mol. The van der Waals surface area contributed by atoms with Crippen LogP contribution in [0.5, 0.6) is 0 Å². The van der Waals surface area contributed by atoms with Gasteiger partial charge in [-0.1, -0.05) is 0 Å². The summed E-state index contributed by atoms with van der Waals surface area (Å²) in [5.41, 5.74) is 5.66. The van der Waals surface area contributed by atoms with E-state index in [-0.39, 0.29) is 36.8 Å². The Morgan fingerprint density at radius 1 is 1.27 bits per heavy atom. The van der Waals surface area contributed by atoms with Crippen molar-refractivity contribution in [1.29, 1.82) is 0 Å². The molecule has 3 N–H and O–H groups in total. The van der Waals surface area contributed by atoms with Crippen molar-refractivity contribution in [2.24, 2.45) is 5.73 Å². The van der Waals surface area contributed by atoms with E-state index in [9.17, 15) is 4.79 Å². The predicted octanol–water partition coefficient (Wildman–Crippen LogP) is 1.96. The SMILES string of the molecule is CC(N)CCC(=O)NC1CCN(CCOC(C)C)CC1.Cl.Cl. The van der Waals surface area contributed by atoms with Gasteiger partial charge >= 0.3 is 0 Å². The lowest BCUT2D eigenvalue weighted by molar-refractivity contribution is -0.122. The third-order valence-electron chi connectivity index (χ3n) is 3.64. The van der Waals surface area contributed by atoms with E-state index in [2.05, 4.69) is 24.1 Å². The number of hydrogen-bond acceptors (Lipinski definition) is 4. The Labute approximate surface area is 147 Å². The van der Waals surface area contributed by atoms with Crippen LogP contribution in [0.1, 0.15) is 46.5 Å². The molecular weight excluding hydrogens is 325 g/mol. The lowest BCUT2D eigenvalue weighted by Crippen LogP contribution is -2.45. The van der Waals surface area contributed by atoms with Crippen LogP contribution >= 0.6 is 24.8 Å². The summed E-state index contributed by atoms with van der Waals surface area (Å²) in [6.45, 7) is 9.92. The fraction of sp³-hybridized carbons (Fsp3) is 0.933. The minimum atomic E-state index is 0. The third-order valence-corrected chi connectivity index (χ3v) is 3.64. The number of nitrogens with one attached hydrogen (secondary N) is 1. The standard InChI is InChI=1S/C15H31N3O2.2ClH/c1-12(2)20-11-10-18-8-6-14(7-9-18)17-15(19)5-4-13(3)16;;/h12-14H,4-11,16H2,1-3H3,(H,17,19);2*1H. The molecule has 1 saturated heterocycles. The lowest BCUT2D eigenvalue weighted by Gasteiger charge is -2.32. The number of carbonyl (C=O) groups is 1. The van der Waals surface area contributed by atoms with Crippen LogP contribution in [-0.4, -0.2) is 55.2 Å². The zero-order valence-corrected chi connectivity index (χ0v) is 15.7. The molecule has 1 fully saturated rings. The molecule has 1 rings (SSSR count). The van der Waals surface area contributed by atoms with Gasteiger partial charge in [-0.05, 0) is 40.0 Å². The van der Waals surface area contributed by atoms with Crippen molar-refractivity contribution in [2.75, 3.05) is 26.2 Å². The van der Waals surface area contributed by atoms with Crippen molar-refractivity contribution in [1.82, 2.24) is 10.2 Å². The number of halogens is 2. The molecule has 134 valence electrons. The van der Waals surface area contributed by atoms with E-state index < -0.39 is 0 Å². The molecule has 0 aromatic heterocycles. The molecule has 0 radical (unpaired) electrons. The molecule has 0 spiro atoms. The minimum Gasteiger partial charge on any atom is -0.377 e. The first-order valence-electron chi connectivity index (χ1n) is 7.86. The van der Waals surface area contributed by atoms with Crippen LogP contribution in [0.2, 0.25) is 0 Å². The molecule has 1 heterocycles. The van der Waals surface area contributed by atoms with E-state index in [1.807, 2.05) is 6.92 Å². The van der Waals surface area contributed by atoms with Gasteiger partial charge in [-0.25, -0.2) is 0 Å². The van der Waals surface area contributed by atoms with E-state index in [0.29, 0.717) is 18.6 Å². The quantitative estimate of drug-likeness (QED) is 0.696. The molecule has 1 aliphatic rings. The Morgan fingerprint density at radius 2 is 1.86 bits per heavy atom. The molecule has 1 amide bonds. The van der Waals surface area contributed by atoms with Crippen molar-refractivity contribution in [3.8, 4) is 0 Å². The Morgan fingerprint density at radius 3 is 2.36 bits per heavy atom. The third kappa shape index (κ3) is 11.5. The molecule has 5 nitrogen and oxygen atoms in total. The second kappa shape index (κ2) is 13.4. The highest BCUT2D eigenvalue weighted by molar-refractivity contribution is 5.85. The highest BCUT2D eigenvalue weighted by atomic mass is 35.5. The van der Waals surface area contributed by atoms with Crippen LogP contribution in [0.15, 0.2) is 0 Å². The van der Waals surface area contributed by atoms with Crippen LogP contribution in [0, 0.1) is 0 Å². The molecule has 22 heavy (non-hydrogen) atoms. The summed E-state index contributed by atoms with van der Waals surface area (Å²) >= 11 is 0. The summed E-state index contributed by atoms with van der Waals surface area (Å²) in [6.07, 6.45) is 3.67. The summed E-state index contributed by atoms with van der Waals surface area (Å²) in [5, 5.41) is 3.12. The van der Waals surface area contributed by atoms with Crippen LogP contribution in [0.3, 0.4) is 0 Å². The minimum absolute atomic E-state index is 0. The first kappa shape index (κ1) is 24.2. The van der Waals surface area contributed by atoms with Gasteiger partial charge < -0.3 is 20.7 Å². The molecule has 0 bridgehead atoms. The summed E-state index contributed by atoms with van der Waals surface area (Å²) in [7, 11) is 0. The molecular formula is C15H33Cl2N3O2. The maximum Gasteiger partial charge on any atom is 0.220 e. The first-order valence-corrected chi connectivity index (χ1v) is 7.86.